The van der Waals surface area contributed by atoms with Crippen LogP contribution in [0.25, 0.3) is 0 Å². The van der Waals surface area contributed by atoms with Crippen LogP contribution in [0.1, 0.15) is 17.3 Å². The fourth-order valence-electron chi connectivity index (χ4n) is 0.879. The van der Waals surface area contributed by atoms with Crippen LogP contribution in [0.4, 0.5) is 4.39 Å². The first kappa shape index (κ1) is 10.1. The van der Waals surface area contributed by atoms with Gasteiger partial charge in [-0.3, -0.25) is 4.79 Å². The fourth-order valence-corrected chi connectivity index (χ4v) is 2.71. The number of hydrogen-bond acceptors (Lipinski definition) is 1. The zero-order valence-electron chi connectivity index (χ0n) is 6.20. The van der Waals surface area contributed by atoms with Crippen molar-refractivity contribution in [3.05, 3.63) is 31.6 Å². The average Bonchev–Trinajstić information content (AvgIpc) is 1.82. The standard InChI is InChI=1S/C8H5BrFIO/c1-4(12)8-6(10)2-5(9)3-7(8)11/h2-3H,1H3. The Balaban J connectivity index is 3.38. The van der Waals surface area contributed by atoms with Crippen molar-refractivity contribution in [3.63, 3.8) is 0 Å². The van der Waals surface area contributed by atoms with Crippen molar-refractivity contribution in [2.75, 3.05) is 0 Å². The van der Waals surface area contributed by atoms with Crippen molar-refractivity contribution < 1.29 is 9.18 Å². The molecule has 0 heterocycles. The predicted octanol–water partition coefficient (Wildman–Crippen LogP) is 3.40. The molecule has 0 saturated heterocycles. The van der Waals surface area contributed by atoms with Crippen LogP contribution in [0.2, 0.25) is 0 Å². The molecule has 1 aromatic rings. The highest BCUT2D eigenvalue weighted by Gasteiger charge is 2.11. The van der Waals surface area contributed by atoms with Gasteiger partial charge in [-0.05, 0) is 41.6 Å². The van der Waals surface area contributed by atoms with Gasteiger partial charge in [-0.15, -0.1) is 0 Å². The van der Waals surface area contributed by atoms with Crippen LogP contribution in [0.3, 0.4) is 0 Å². The van der Waals surface area contributed by atoms with E-state index in [1.807, 2.05) is 22.6 Å². The molecule has 0 aliphatic heterocycles. The summed E-state index contributed by atoms with van der Waals surface area (Å²) in [6, 6.07) is 3.00. The average molecular weight is 343 g/mol. The summed E-state index contributed by atoms with van der Waals surface area (Å²) in [7, 11) is 0. The SMILES string of the molecule is CC(=O)c1c(F)cc(Br)cc1I. The van der Waals surface area contributed by atoms with Gasteiger partial charge >= 0.3 is 0 Å². The van der Waals surface area contributed by atoms with E-state index in [1.165, 1.54) is 13.0 Å². The summed E-state index contributed by atoms with van der Waals surface area (Å²) in [6.45, 7) is 1.36. The van der Waals surface area contributed by atoms with E-state index in [0.29, 0.717) is 8.04 Å². The number of halogens is 3. The molecule has 0 amide bonds. The first-order valence-corrected chi connectivity index (χ1v) is 5.05. The summed E-state index contributed by atoms with van der Waals surface area (Å²) in [5, 5.41) is 0. The number of rotatable bonds is 1. The quantitative estimate of drug-likeness (QED) is 0.564. The second kappa shape index (κ2) is 3.83. The number of carbonyl (C=O) groups is 1. The molecule has 0 N–H and O–H groups in total. The molecule has 1 aromatic carbocycles. The Labute approximate surface area is 91.6 Å². The molecule has 0 aliphatic rings. The van der Waals surface area contributed by atoms with Gasteiger partial charge in [0.1, 0.15) is 5.82 Å². The third-order valence-corrected chi connectivity index (χ3v) is 2.67. The predicted molar refractivity (Wildman–Crippen MR) is 56.8 cm³/mol. The third kappa shape index (κ3) is 2.04. The van der Waals surface area contributed by atoms with E-state index in [4.69, 9.17) is 0 Å². The maximum atomic E-state index is 13.1. The van der Waals surface area contributed by atoms with Gasteiger partial charge in [-0.1, -0.05) is 15.9 Å². The van der Waals surface area contributed by atoms with Crippen LogP contribution in [-0.2, 0) is 0 Å². The van der Waals surface area contributed by atoms with Crippen LogP contribution in [-0.4, -0.2) is 5.78 Å². The van der Waals surface area contributed by atoms with Crippen molar-refractivity contribution in [1.82, 2.24) is 0 Å². The van der Waals surface area contributed by atoms with Gasteiger partial charge in [-0.25, -0.2) is 4.39 Å². The lowest BCUT2D eigenvalue weighted by atomic mass is 10.1. The summed E-state index contributed by atoms with van der Waals surface area (Å²) in [6.07, 6.45) is 0. The van der Waals surface area contributed by atoms with Crippen LogP contribution < -0.4 is 0 Å². The largest absolute Gasteiger partial charge is 0.294 e. The topological polar surface area (TPSA) is 17.1 Å². The molecule has 0 saturated carbocycles. The van der Waals surface area contributed by atoms with Crippen LogP contribution in [0, 0.1) is 9.39 Å². The lowest BCUT2D eigenvalue weighted by Crippen LogP contribution is -2.00. The van der Waals surface area contributed by atoms with Gasteiger partial charge in [0, 0.05) is 8.04 Å². The molecule has 0 unspecified atom stereocenters. The Morgan fingerprint density at radius 3 is 2.58 bits per heavy atom. The van der Waals surface area contributed by atoms with Crippen LogP contribution in [0.5, 0.6) is 0 Å². The van der Waals surface area contributed by atoms with Crippen molar-refractivity contribution in [3.8, 4) is 0 Å². The second-order valence-corrected chi connectivity index (χ2v) is 4.38. The zero-order valence-corrected chi connectivity index (χ0v) is 9.94. The third-order valence-electron chi connectivity index (χ3n) is 1.36. The minimum Gasteiger partial charge on any atom is -0.294 e. The highest BCUT2D eigenvalue weighted by atomic mass is 127. The monoisotopic (exact) mass is 342 g/mol. The number of carbonyl (C=O) groups excluding carboxylic acids is 1. The molecule has 4 heteroatoms. The Hall–Kier alpha value is 0.0300. The lowest BCUT2D eigenvalue weighted by molar-refractivity contribution is 0.101. The van der Waals surface area contributed by atoms with Gasteiger partial charge in [0.25, 0.3) is 0 Å². The van der Waals surface area contributed by atoms with E-state index in [1.54, 1.807) is 6.07 Å². The van der Waals surface area contributed by atoms with E-state index in [9.17, 15) is 9.18 Å². The molecular weight excluding hydrogens is 338 g/mol. The normalized spacial score (nSPS) is 10.0. The summed E-state index contributed by atoms with van der Waals surface area (Å²) >= 11 is 5.08. The van der Waals surface area contributed by atoms with Gasteiger partial charge in [0.2, 0.25) is 0 Å². The Bertz CT molecular complexity index is 315. The van der Waals surface area contributed by atoms with Crippen molar-refractivity contribution >= 4 is 44.3 Å². The number of hydrogen-bond donors (Lipinski definition) is 0. The van der Waals surface area contributed by atoms with Gasteiger partial charge in [0.15, 0.2) is 5.78 Å². The molecule has 12 heavy (non-hydrogen) atoms. The van der Waals surface area contributed by atoms with Crippen LogP contribution >= 0.6 is 38.5 Å². The molecule has 0 atom stereocenters. The number of Topliss-reactive ketones (excluding diaryl/α,β-unsaturated/α-hetero) is 1. The Morgan fingerprint density at radius 1 is 1.58 bits per heavy atom. The number of benzene rings is 1. The highest BCUT2D eigenvalue weighted by Crippen LogP contribution is 2.22. The van der Waals surface area contributed by atoms with Crippen molar-refractivity contribution in [1.29, 1.82) is 0 Å². The minimum atomic E-state index is -0.471. The maximum absolute atomic E-state index is 13.1. The second-order valence-electron chi connectivity index (χ2n) is 2.30. The highest BCUT2D eigenvalue weighted by molar-refractivity contribution is 14.1. The van der Waals surface area contributed by atoms with Crippen molar-refractivity contribution in [2.24, 2.45) is 0 Å². The van der Waals surface area contributed by atoms with E-state index in [2.05, 4.69) is 15.9 Å². The van der Waals surface area contributed by atoms with Gasteiger partial charge in [0.05, 0.1) is 5.56 Å². The molecule has 1 nitrogen and oxygen atoms in total. The van der Waals surface area contributed by atoms with Gasteiger partial charge in [-0.2, -0.15) is 0 Å². The summed E-state index contributed by atoms with van der Waals surface area (Å²) in [4.78, 5) is 10.9. The summed E-state index contributed by atoms with van der Waals surface area (Å²) in [5.41, 5.74) is 0.166. The molecular formula is C8H5BrFIO. The first-order valence-electron chi connectivity index (χ1n) is 3.18. The summed E-state index contributed by atoms with van der Waals surface area (Å²) in [5.74, 6) is -0.717. The van der Waals surface area contributed by atoms with Crippen LogP contribution in [0.15, 0.2) is 16.6 Å². The molecule has 0 fully saturated rings. The lowest BCUT2D eigenvalue weighted by Gasteiger charge is -2.02. The van der Waals surface area contributed by atoms with E-state index < -0.39 is 5.82 Å². The van der Waals surface area contributed by atoms with E-state index in [0.717, 1.165) is 0 Å². The Morgan fingerprint density at radius 2 is 2.17 bits per heavy atom. The molecule has 0 bridgehead atoms. The number of ketones is 1. The first-order chi connectivity index (χ1) is 5.52. The minimum absolute atomic E-state index is 0.166. The van der Waals surface area contributed by atoms with E-state index in [-0.39, 0.29) is 11.3 Å². The zero-order chi connectivity index (χ0) is 9.30. The molecule has 0 aliphatic carbocycles. The van der Waals surface area contributed by atoms with E-state index >= 15 is 0 Å². The maximum Gasteiger partial charge on any atom is 0.163 e. The molecule has 0 aromatic heterocycles. The molecule has 1 rings (SSSR count). The molecule has 0 spiro atoms. The van der Waals surface area contributed by atoms with Crippen molar-refractivity contribution in [2.45, 2.75) is 6.92 Å². The van der Waals surface area contributed by atoms with Gasteiger partial charge < -0.3 is 0 Å². The smallest absolute Gasteiger partial charge is 0.163 e. The summed E-state index contributed by atoms with van der Waals surface area (Å²) < 4.78 is 14.4. The molecule has 0 radical (unpaired) electrons. The fraction of sp³-hybridized carbons (Fsp3) is 0.125. The Kier molecular flexibility index (Phi) is 3.22. The molecule has 64 valence electrons.